The summed E-state index contributed by atoms with van der Waals surface area (Å²) in [6.07, 6.45) is 0. The number of rotatable bonds is 6. The molecule has 0 bridgehead atoms. The summed E-state index contributed by atoms with van der Waals surface area (Å²) >= 11 is 1.94. The summed E-state index contributed by atoms with van der Waals surface area (Å²) in [6.45, 7) is 0. The summed E-state index contributed by atoms with van der Waals surface area (Å²) in [6, 6.07) is 19.3. The molecule has 0 aliphatic rings. The first-order valence-electron chi connectivity index (χ1n) is 8.73. The molecule has 2 aromatic heterocycles. The van der Waals surface area contributed by atoms with E-state index < -0.39 is 10.8 Å². The van der Waals surface area contributed by atoms with Gasteiger partial charge in [0, 0.05) is 22.6 Å². The van der Waals surface area contributed by atoms with Crippen LogP contribution >= 0.6 is 22.7 Å². The smallest absolute Gasteiger partial charge is 0.298 e. The average molecular weight is 435 g/mol. The molecule has 30 heavy (non-hydrogen) atoms. The number of aromatic nitrogens is 1. The Hall–Kier alpha value is -3.69. The van der Waals surface area contributed by atoms with Gasteiger partial charge in [-0.05, 0) is 0 Å². The lowest BCUT2D eigenvalue weighted by atomic mass is 10.1. The van der Waals surface area contributed by atoms with Crippen LogP contribution in [0.2, 0.25) is 0 Å². The highest BCUT2D eigenvalue weighted by molar-refractivity contribution is 7.18. The number of nitrogens with one attached hydrogen (secondary N) is 1. The summed E-state index contributed by atoms with van der Waals surface area (Å²) in [5.41, 5.74) is 1.91. The molecular formula is C21H13N3O4S2. The Bertz CT molecular complexity index is 1230. The molecule has 1 N–H and O–H groups in total. The molecule has 4 rings (SSSR count). The van der Waals surface area contributed by atoms with E-state index in [2.05, 4.69) is 10.3 Å². The topological polar surface area (TPSA) is 102 Å². The van der Waals surface area contributed by atoms with Crippen LogP contribution in [0.25, 0.3) is 11.3 Å². The molecule has 0 fully saturated rings. The molecule has 0 aliphatic carbocycles. The number of thiophene rings is 1. The van der Waals surface area contributed by atoms with E-state index in [1.807, 2.05) is 36.4 Å². The first kappa shape index (κ1) is 19.6. The molecule has 7 nitrogen and oxygen atoms in total. The van der Waals surface area contributed by atoms with Crippen LogP contribution in [0.1, 0.15) is 25.6 Å². The Kier molecular flexibility index (Phi) is 5.46. The van der Waals surface area contributed by atoms with Crippen LogP contribution in [0, 0.1) is 10.1 Å². The van der Waals surface area contributed by atoms with Gasteiger partial charge in [-0.1, -0.05) is 83.3 Å². The number of nitrogens with zero attached hydrogens (tertiary/aromatic N) is 2. The van der Waals surface area contributed by atoms with E-state index in [1.54, 1.807) is 24.3 Å². The van der Waals surface area contributed by atoms with E-state index >= 15 is 0 Å². The van der Waals surface area contributed by atoms with Gasteiger partial charge in [0.1, 0.15) is 4.88 Å². The van der Waals surface area contributed by atoms with Crippen LogP contribution in [0.4, 0.5) is 10.1 Å². The van der Waals surface area contributed by atoms with Crippen molar-refractivity contribution in [1.82, 2.24) is 4.98 Å². The van der Waals surface area contributed by atoms with E-state index in [1.165, 1.54) is 11.4 Å². The molecule has 0 unspecified atom stereocenters. The molecule has 9 heteroatoms. The Labute approximate surface area is 178 Å². The number of carbonyl (C=O) groups excluding carboxylic acids is 2. The highest BCUT2D eigenvalue weighted by Crippen LogP contribution is 2.33. The van der Waals surface area contributed by atoms with Gasteiger partial charge in [0.25, 0.3) is 5.91 Å². The zero-order valence-electron chi connectivity index (χ0n) is 15.3. The maximum Gasteiger partial charge on any atom is 0.324 e. The average Bonchev–Trinajstić information content (AvgIpc) is 3.42. The van der Waals surface area contributed by atoms with Crippen LogP contribution < -0.4 is 5.32 Å². The summed E-state index contributed by atoms with van der Waals surface area (Å²) in [4.78, 5) is 40.7. The minimum Gasteiger partial charge on any atom is -0.298 e. The van der Waals surface area contributed by atoms with E-state index in [0.717, 1.165) is 28.2 Å². The van der Waals surface area contributed by atoms with Crippen LogP contribution in [0.5, 0.6) is 0 Å². The Morgan fingerprint density at radius 3 is 2.27 bits per heavy atom. The number of amides is 1. The molecule has 0 saturated carbocycles. The number of anilines is 1. The second kappa shape index (κ2) is 8.36. The van der Waals surface area contributed by atoms with Gasteiger partial charge in [-0.15, -0.1) is 0 Å². The maximum absolute atomic E-state index is 13.1. The predicted octanol–water partition coefficient (Wildman–Crippen LogP) is 5.26. The normalized spacial score (nSPS) is 10.5. The third-order valence-corrected chi connectivity index (χ3v) is 6.01. The Morgan fingerprint density at radius 1 is 0.967 bits per heavy atom. The highest BCUT2D eigenvalue weighted by atomic mass is 32.1. The van der Waals surface area contributed by atoms with Crippen molar-refractivity contribution in [3.63, 3.8) is 0 Å². The lowest BCUT2D eigenvalue weighted by Gasteiger charge is -2.02. The predicted molar refractivity (Wildman–Crippen MR) is 116 cm³/mol. The summed E-state index contributed by atoms with van der Waals surface area (Å²) < 4.78 is 0. The minimum absolute atomic E-state index is 0.121. The second-order valence-electron chi connectivity index (χ2n) is 6.14. The lowest BCUT2D eigenvalue weighted by molar-refractivity contribution is -0.380. The number of nitro groups is 1. The molecule has 0 saturated heterocycles. The first-order valence-corrected chi connectivity index (χ1v) is 10.4. The van der Waals surface area contributed by atoms with Gasteiger partial charge in [-0.2, -0.15) is 0 Å². The molecule has 0 spiro atoms. The van der Waals surface area contributed by atoms with Gasteiger partial charge in [0.15, 0.2) is 5.13 Å². The number of thiazole rings is 1. The molecule has 2 aromatic carbocycles. The zero-order chi connectivity index (χ0) is 21.1. The Balaban J connectivity index is 1.69. The molecule has 4 aromatic rings. The summed E-state index contributed by atoms with van der Waals surface area (Å²) in [5, 5.41) is 15.0. The number of benzene rings is 2. The molecular weight excluding hydrogens is 422 g/mol. The third-order valence-electron chi connectivity index (χ3n) is 4.16. The molecule has 0 aliphatic heterocycles. The quantitative estimate of drug-likeness (QED) is 0.253. The maximum atomic E-state index is 13.1. The van der Waals surface area contributed by atoms with Gasteiger partial charge < -0.3 is 0 Å². The van der Waals surface area contributed by atoms with Crippen LogP contribution in [-0.4, -0.2) is 21.6 Å². The van der Waals surface area contributed by atoms with Gasteiger partial charge >= 0.3 is 5.00 Å². The molecule has 2 heterocycles. The van der Waals surface area contributed by atoms with Crippen molar-refractivity contribution in [3.05, 3.63) is 98.2 Å². The minimum atomic E-state index is -0.547. The van der Waals surface area contributed by atoms with Gasteiger partial charge in [0.05, 0.1) is 16.2 Å². The Morgan fingerprint density at radius 2 is 1.63 bits per heavy atom. The standard InChI is InChI=1S/C21H13N3O4S2/c25-18(14-9-5-2-6-10-14)19-17(13-7-3-1-4-8-13)22-21(30-19)23-20(26)15-11-16(24(27)28)29-12-15/h1-12H,(H,22,23,26). The van der Waals surface area contributed by atoms with Crippen molar-refractivity contribution in [3.8, 4) is 11.3 Å². The first-order chi connectivity index (χ1) is 14.5. The highest BCUT2D eigenvalue weighted by Gasteiger charge is 2.22. The van der Waals surface area contributed by atoms with Crippen LogP contribution in [0.3, 0.4) is 0 Å². The van der Waals surface area contributed by atoms with Crippen molar-refractivity contribution < 1.29 is 14.5 Å². The fraction of sp³-hybridized carbons (Fsp3) is 0. The molecule has 1 amide bonds. The molecule has 148 valence electrons. The van der Waals surface area contributed by atoms with Crippen LogP contribution in [0.15, 0.2) is 72.1 Å². The van der Waals surface area contributed by atoms with Crippen molar-refractivity contribution >= 4 is 44.5 Å². The summed E-state index contributed by atoms with van der Waals surface area (Å²) in [5.74, 6) is -0.718. The lowest BCUT2D eigenvalue weighted by Crippen LogP contribution is -2.10. The van der Waals surface area contributed by atoms with Crippen molar-refractivity contribution in [1.29, 1.82) is 0 Å². The van der Waals surface area contributed by atoms with Gasteiger partial charge in [-0.3, -0.25) is 25.0 Å². The van der Waals surface area contributed by atoms with Crippen molar-refractivity contribution in [2.75, 3.05) is 5.32 Å². The van der Waals surface area contributed by atoms with Crippen LogP contribution in [-0.2, 0) is 0 Å². The van der Waals surface area contributed by atoms with E-state index in [-0.39, 0.29) is 21.5 Å². The van der Waals surface area contributed by atoms with E-state index in [9.17, 15) is 19.7 Å². The van der Waals surface area contributed by atoms with E-state index in [0.29, 0.717) is 16.1 Å². The fourth-order valence-corrected chi connectivity index (χ4v) is 4.40. The van der Waals surface area contributed by atoms with Gasteiger partial charge in [-0.25, -0.2) is 4.98 Å². The summed E-state index contributed by atoms with van der Waals surface area (Å²) in [7, 11) is 0. The SMILES string of the molecule is O=C(Nc1nc(-c2ccccc2)c(C(=O)c2ccccc2)s1)c1csc([N+](=O)[O-])c1. The third kappa shape index (κ3) is 4.02. The number of hydrogen-bond acceptors (Lipinski definition) is 7. The number of carbonyl (C=O) groups is 2. The second-order valence-corrected chi connectivity index (χ2v) is 8.03. The monoisotopic (exact) mass is 435 g/mol. The van der Waals surface area contributed by atoms with Crippen molar-refractivity contribution in [2.45, 2.75) is 0 Å². The van der Waals surface area contributed by atoms with E-state index in [4.69, 9.17) is 0 Å². The number of ketones is 1. The molecule has 0 atom stereocenters. The molecule has 0 radical (unpaired) electrons. The fourth-order valence-electron chi connectivity index (χ4n) is 2.75. The number of hydrogen-bond donors (Lipinski definition) is 1. The van der Waals surface area contributed by atoms with Crippen molar-refractivity contribution in [2.24, 2.45) is 0 Å². The largest absolute Gasteiger partial charge is 0.324 e. The zero-order valence-corrected chi connectivity index (χ0v) is 16.9. The van der Waals surface area contributed by atoms with Gasteiger partial charge in [0.2, 0.25) is 5.78 Å².